The molecule has 1 atom stereocenters. The number of imidazole rings is 1. The van der Waals surface area contributed by atoms with E-state index in [1.807, 2.05) is 29.2 Å². The van der Waals surface area contributed by atoms with Crippen LogP contribution in [-0.2, 0) is 16.0 Å². The van der Waals surface area contributed by atoms with Crippen LogP contribution in [0.3, 0.4) is 0 Å². The topological polar surface area (TPSA) is 78.1 Å². The van der Waals surface area contributed by atoms with E-state index in [1.54, 1.807) is 0 Å². The second-order valence-electron chi connectivity index (χ2n) is 7.87. The molecule has 0 radical (unpaired) electrons. The Hall–Kier alpha value is -2.37. The number of hydrogen-bond acceptors (Lipinski definition) is 3. The Bertz CT molecular complexity index is 778. The number of para-hydroxylation sites is 2. The molecule has 2 aliphatic rings. The molecule has 144 valence electrons. The van der Waals surface area contributed by atoms with Gasteiger partial charge in [0.2, 0.25) is 11.8 Å². The Labute approximate surface area is 159 Å². The fourth-order valence-electron chi connectivity index (χ4n) is 4.03. The van der Waals surface area contributed by atoms with Crippen LogP contribution in [0.25, 0.3) is 11.0 Å². The van der Waals surface area contributed by atoms with Crippen LogP contribution in [0, 0.1) is 5.92 Å². The maximum atomic E-state index is 12.6. The van der Waals surface area contributed by atoms with Gasteiger partial charge in [-0.05, 0) is 44.2 Å². The second-order valence-corrected chi connectivity index (χ2v) is 7.87. The third-order valence-electron chi connectivity index (χ3n) is 5.83. The van der Waals surface area contributed by atoms with E-state index in [-0.39, 0.29) is 17.9 Å². The Morgan fingerprint density at radius 1 is 1.15 bits per heavy atom. The molecule has 1 aliphatic heterocycles. The van der Waals surface area contributed by atoms with Gasteiger partial charge in [0, 0.05) is 37.9 Å². The number of aryl methyl sites for hydroxylation is 1. The lowest BCUT2D eigenvalue weighted by Gasteiger charge is -2.32. The molecule has 1 aromatic carbocycles. The van der Waals surface area contributed by atoms with Gasteiger partial charge in [0.15, 0.2) is 0 Å². The standard InChI is InChI=1S/C21H28N4O2/c26-20(12-11-19-23-17-9-1-2-10-18(17)24-19)22-16-8-3-4-13-25(14-16)21(27)15-6-5-7-15/h1-2,9-10,15-16H,3-8,11-14H2,(H,22,26)(H,23,24). The summed E-state index contributed by atoms with van der Waals surface area (Å²) < 4.78 is 0. The van der Waals surface area contributed by atoms with Crippen molar-refractivity contribution in [1.29, 1.82) is 0 Å². The number of aromatic nitrogens is 2. The van der Waals surface area contributed by atoms with Gasteiger partial charge in [-0.1, -0.05) is 18.6 Å². The summed E-state index contributed by atoms with van der Waals surface area (Å²) in [6.07, 6.45) is 7.28. The lowest BCUT2D eigenvalue weighted by Crippen LogP contribution is -2.47. The number of likely N-dealkylation sites (tertiary alicyclic amines) is 1. The van der Waals surface area contributed by atoms with E-state index < -0.39 is 0 Å². The number of fused-ring (bicyclic) bond motifs is 1. The van der Waals surface area contributed by atoms with Crippen molar-refractivity contribution in [2.75, 3.05) is 13.1 Å². The summed E-state index contributed by atoms with van der Waals surface area (Å²) in [6, 6.07) is 7.96. The summed E-state index contributed by atoms with van der Waals surface area (Å²) >= 11 is 0. The Morgan fingerprint density at radius 3 is 2.78 bits per heavy atom. The first-order valence-corrected chi connectivity index (χ1v) is 10.2. The van der Waals surface area contributed by atoms with Gasteiger partial charge in [0.05, 0.1) is 11.0 Å². The number of carbonyl (C=O) groups excluding carboxylic acids is 2. The molecule has 6 heteroatoms. The van der Waals surface area contributed by atoms with Gasteiger partial charge in [-0.15, -0.1) is 0 Å². The number of carbonyl (C=O) groups is 2. The molecule has 1 aromatic heterocycles. The lowest BCUT2D eigenvalue weighted by molar-refractivity contribution is -0.138. The lowest BCUT2D eigenvalue weighted by atomic mass is 9.84. The van der Waals surface area contributed by atoms with E-state index in [0.29, 0.717) is 25.3 Å². The zero-order valence-electron chi connectivity index (χ0n) is 15.7. The molecular formula is C21H28N4O2. The Balaban J connectivity index is 1.29. The van der Waals surface area contributed by atoms with Gasteiger partial charge in [0.1, 0.15) is 5.82 Å². The van der Waals surface area contributed by atoms with Crippen molar-refractivity contribution in [3.63, 3.8) is 0 Å². The summed E-state index contributed by atoms with van der Waals surface area (Å²) in [7, 11) is 0. The monoisotopic (exact) mass is 368 g/mol. The average molecular weight is 368 g/mol. The zero-order valence-corrected chi connectivity index (χ0v) is 15.7. The minimum atomic E-state index is 0.0402. The highest BCUT2D eigenvalue weighted by Crippen LogP contribution is 2.29. The second kappa shape index (κ2) is 8.11. The Kier molecular flexibility index (Phi) is 5.41. The number of nitrogens with one attached hydrogen (secondary N) is 2. The summed E-state index contributed by atoms with van der Waals surface area (Å²) in [6.45, 7) is 1.49. The van der Waals surface area contributed by atoms with Crippen LogP contribution in [0.4, 0.5) is 0 Å². The Morgan fingerprint density at radius 2 is 2.00 bits per heavy atom. The summed E-state index contributed by atoms with van der Waals surface area (Å²) in [5, 5.41) is 3.15. The fraction of sp³-hybridized carbons (Fsp3) is 0.571. The quantitative estimate of drug-likeness (QED) is 0.852. The molecule has 2 fully saturated rings. The van der Waals surface area contributed by atoms with Crippen LogP contribution in [0.1, 0.15) is 50.8 Å². The van der Waals surface area contributed by atoms with Crippen molar-refractivity contribution in [3.8, 4) is 0 Å². The number of aromatic amines is 1. The first kappa shape index (κ1) is 18.0. The molecule has 1 aliphatic carbocycles. The number of rotatable bonds is 5. The molecule has 27 heavy (non-hydrogen) atoms. The fourth-order valence-corrected chi connectivity index (χ4v) is 4.03. The molecule has 1 saturated heterocycles. The summed E-state index contributed by atoms with van der Waals surface area (Å²) in [5.74, 6) is 1.41. The van der Waals surface area contributed by atoms with Crippen molar-refractivity contribution in [1.82, 2.24) is 20.2 Å². The van der Waals surface area contributed by atoms with Crippen LogP contribution in [0.5, 0.6) is 0 Å². The van der Waals surface area contributed by atoms with E-state index in [9.17, 15) is 9.59 Å². The van der Waals surface area contributed by atoms with Crippen LogP contribution in [-0.4, -0.2) is 45.8 Å². The van der Waals surface area contributed by atoms with Gasteiger partial charge < -0.3 is 15.2 Å². The molecule has 2 heterocycles. The first-order valence-electron chi connectivity index (χ1n) is 10.2. The molecule has 0 bridgehead atoms. The number of nitrogens with zero attached hydrogens (tertiary/aromatic N) is 2. The average Bonchev–Trinajstić information content (AvgIpc) is 2.89. The molecule has 2 N–H and O–H groups in total. The summed E-state index contributed by atoms with van der Waals surface area (Å²) in [5.41, 5.74) is 1.93. The number of H-pyrrole nitrogens is 1. The number of amides is 2. The minimum absolute atomic E-state index is 0.0402. The number of benzene rings is 1. The molecule has 1 saturated carbocycles. The molecular weight excluding hydrogens is 340 g/mol. The van der Waals surface area contributed by atoms with Crippen LogP contribution < -0.4 is 5.32 Å². The predicted octanol–water partition coefficient (Wildman–Crippen LogP) is 2.79. The van der Waals surface area contributed by atoms with Crippen molar-refractivity contribution in [2.24, 2.45) is 5.92 Å². The molecule has 2 aromatic rings. The van der Waals surface area contributed by atoms with Crippen molar-refractivity contribution >= 4 is 22.8 Å². The van der Waals surface area contributed by atoms with Crippen molar-refractivity contribution in [2.45, 2.75) is 57.4 Å². The molecule has 1 unspecified atom stereocenters. The highest BCUT2D eigenvalue weighted by molar-refractivity contribution is 5.80. The van der Waals surface area contributed by atoms with E-state index in [2.05, 4.69) is 15.3 Å². The maximum Gasteiger partial charge on any atom is 0.225 e. The van der Waals surface area contributed by atoms with Gasteiger partial charge >= 0.3 is 0 Å². The van der Waals surface area contributed by atoms with E-state index in [0.717, 1.165) is 55.5 Å². The predicted molar refractivity (Wildman–Crippen MR) is 104 cm³/mol. The first-order chi connectivity index (χ1) is 13.2. The van der Waals surface area contributed by atoms with Crippen LogP contribution in [0.2, 0.25) is 0 Å². The van der Waals surface area contributed by atoms with Gasteiger partial charge in [-0.25, -0.2) is 4.98 Å². The smallest absolute Gasteiger partial charge is 0.225 e. The highest BCUT2D eigenvalue weighted by Gasteiger charge is 2.31. The van der Waals surface area contributed by atoms with Crippen molar-refractivity contribution in [3.05, 3.63) is 30.1 Å². The van der Waals surface area contributed by atoms with E-state index in [1.165, 1.54) is 6.42 Å². The summed E-state index contributed by atoms with van der Waals surface area (Å²) in [4.78, 5) is 34.8. The highest BCUT2D eigenvalue weighted by atomic mass is 16.2. The molecule has 2 amide bonds. The SMILES string of the molecule is O=C(CCc1nc2ccccc2[nH]1)NC1CCCCN(C(=O)C2CCC2)C1. The molecule has 0 spiro atoms. The van der Waals surface area contributed by atoms with E-state index in [4.69, 9.17) is 0 Å². The van der Waals surface area contributed by atoms with Crippen molar-refractivity contribution < 1.29 is 9.59 Å². The van der Waals surface area contributed by atoms with E-state index >= 15 is 0 Å². The molecule has 4 rings (SSSR count). The maximum absolute atomic E-state index is 12.6. The van der Waals surface area contributed by atoms with Gasteiger partial charge in [0.25, 0.3) is 0 Å². The van der Waals surface area contributed by atoms with Crippen LogP contribution >= 0.6 is 0 Å². The van der Waals surface area contributed by atoms with Gasteiger partial charge in [-0.3, -0.25) is 9.59 Å². The molecule has 6 nitrogen and oxygen atoms in total. The largest absolute Gasteiger partial charge is 0.352 e. The van der Waals surface area contributed by atoms with Crippen LogP contribution in [0.15, 0.2) is 24.3 Å². The third-order valence-corrected chi connectivity index (χ3v) is 5.83. The third kappa shape index (κ3) is 4.31. The van der Waals surface area contributed by atoms with Gasteiger partial charge in [-0.2, -0.15) is 0 Å². The normalized spacial score (nSPS) is 20.9. The minimum Gasteiger partial charge on any atom is -0.352 e. The number of hydrogen-bond donors (Lipinski definition) is 2. The zero-order chi connectivity index (χ0) is 18.6.